The van der Waals surface area contributed by atoms with Gasteiger partial charge in [0, 0.05) is 31.1 Å². The molecule has 2 heterocycles. The van der Waals surface area contributed by atoms with Crippen LogP contribution in [0.4, 0.5) is 19.0 Å². The normalized spacial score (nSPS) is 21.0. The minimum absolute atomic E-state index is 0.107. The minimum atomic E-state index is -4.24. The number of hydrogen-bond donors (Lipinski definition) is 1. The number of anilines is 1. The first-order valence-corrected chi connectivity index (χ1v) is 7.77. The van der Waals surface area contributed by atoms with Crippen molar-refractivity contribution in [1.82, 2.24) is 14.9 Å². The van der Waals surface area contributed by atoms with Crippen molar-refractivity contribution in [3.05, 3.63) is 54.0 Å². The topological polar surface area (TPSA) is 64.8 Å². The number of benzene rings is 1. The van der Waals surface area contributed by atoms with Crippen LogP contribution in [0.3, 0.4) is 0 Å². The van der Waals surface area contributed by atoms with E-state index in [-0.39, 0.29) is 24.2 Å². The highest BCUT2D eigenvalue weighted by Gasteiger charge is 2.39. The van der Waals surface area contributed by atoms with Crippen LogP contribution in [-0.4, -0.2) is 46.7 Å². The van der Waals surface area contributed by atoms with Gasteiger partial charge in [-0.15, -0.1) is 0 Å². The molecule has 2 atom stereocenters. The number of aromatic nitrogens is 2. The summed E-state index contributed by atoms with van der Waals surface area (Å²) in [7, 11) is 0. The summed E-state index contributed by atoms with van der Waals surface area (Å²) in [5.74, 6) is 0.329. The van der Waals surface area contributed by atoms with Gasteiger partial charge in [-0.1, -0.05) is 30.3 Å². The maximum Gasteiger partial charge on any atom is 0.401 e. The van der Waals surface area contributed by atoms with E-state index in [9.17, 15) is 13.2 Å². The minimum Gasteiger partial charge on any atom is -0.365 e. The molecule has 0 amide bonds. The molecule has 1 fully saturated rings. The van der Waals surface area contributed by atoms with Gasteiger partial charge >= 0.3 is 6.18 Å². The number of rotatable bonds is 4. The molecule has 2 aromatic rings. The Hall–Kier alpha value is -2.66. The molecule has 130 valence electrons. The first kappa shape index (κ1) is 17.2. The predicted octanol–water partition coefficient (Wildman–Crippen LogP) is 2.79. The molecule has 1 saturated heterocycles. The number of hydrogen-bond acceptors (Lipinski definition) is 5. The summed E-state index contributed by atoms with van der Waals surface area (Å²) >= 11 is 0. The third-order valence-electron chi connectivity index (χ3n) is 4.14. The van der Waals surface area contributed by atoms with Crippen LogP contribution in [0.25, 0.3) is 0 Å². The largest absolute Gasteiger partial charge is 0.401 e. The fourth-order valence-electron chi connectivity index (χ4n) is 3.14. The second-order valence-corrected chi connectivity index (χ2v) is 5.98. The van der Waals surface area contributed by atoms with Gasteiger partial charge in [-0.2, -0.15) is 18.4 Å². The molecule has 1 aliphatic rings. The summed E-state index contributed by atoms with van der Waals surface area (Å²) in [6, 6.07) is 12.6. The quantitative estimate of drug-likeness (QED) is 0.921. The Kier molecular flexibility index (Phi) is 4.86. The Labute approximate surface area is 143 Å². The van der Waals surface area contributed by atoms with Crippen molar-refractivity contribution < 1.29 is 13.2 Å². The molecule has 1 aromatic heterocycles. The summed E-state index contributed by atoms with van der Waals surface area (Å²) in [4.78, 5) is 9.26. The molecule has 0 aliphatic carbocycles. The summed E-state index contributed by atoms with van der Waals surface area (Å²) < 4.78 is 38.3. The highest BCUT2D eigenvalue weighted by atomic mass is 19.4. The molecular formula is C17H16F3N5. The van der Waals surface area contributed by atoms with Crippen LogP contribution in [0.2, 0.25) is 0 Å². The summed E-state index contributed by atoms with van der Waals surface area (Å²) in [6.45, 7) is -0.399. The van der Waals surface area contributed by atoms with Gasteiger partial charge in [0.1, 0.15) is 23.9 Å². The summed E-state index contributed by atoms with van der Waals surface area (Å²) in [5.41, 5.74) is 1.18. The van der Waals surface area contributed by atoms with E-state index in [2.05, 4.69) is 15.3 Å². The molecule has 0 spiro atoms. The molecule has 0 saturated carbocycles. The molecular weight excluding hydrogens is 331 g/mol. The van der Waals surface area contributed by atoms with E-state index in [1.54, 1.807) is 0 Å². The van der Waals surface area contributed by atoms with Gasteiger partial charge in [0.05, 0.1) is 6.54 Å². The third-order valence-corrected chi connectivity index (χ3v) is 4.14. The molecule has 1 aliphatic heterocycles. The zero-order chi connectivity index (χ0) is 17.9. The molecule has 0 unspecified atom stereocenters. The zero-order valence-corrected chi connectivity index (χ0v) is 13.2. The maximum absolute atomic E-state index is 12.8. The second-order valence-electron chi connectivity index (χ2n) is 5.98. The van der Waals surface area contributed by atoms with Crippen molar-refractivity contribution in [2.24, 2.45) is 0 Å². The molecule has 0 bridgehead atoms. The standard InChI is InChI=1S/C17H16F3N5/c18-17(19,20)10-25-8-14(12-4-2-1-3-5-12)15(9-25)24-16-6-13(7-21)22-11-23-16/h1-6,11,14-15H,8-10H2,(H,22,23,24)/t14-,15+/m0/s1. The average Bonchev–Trinajstić information content (AvgIpc) is 2.96. The molecule has 1 N–H and O–H groups in total. The van der Waals surface area contributed by atoms with Crippen molar-refractivity contribution in [2.45, 2.75) is 18.1 Å². The van der Waals surface area contributed by atoms with Crippen LogP contribution in [0, 0.1) is 11.3 Å². The highest BCUT2D eigenvalue weighted by molar-refractivity contribution is 5.41. The van der Waals surface area contributed by atoms with E-state index in [1.165, 1.54) is 17.3 Å². The third kappa shape index (κ3) is 4.45. The van der Waals surface area contributed by atoms with Gasteiger partial charge in [0.2, 0.25) is 0 Å². The van der Waals surface area contributed by atoms with Gasteiger partial charge in [-0.3, -0.25) is 4.90 Å². The first-order valence-electron chi connectivity index (χ1n) is 7.77. The van der Waals surface area contributed by atoms with Gasteiger partial charge in [-0.05, 0) is 5.56 Å². The number of halogens is 3. The van der Waals surface area contributed by atoms with E-state index < -0.39 is 12.7 Å². The molecule has 0 radical (unpaired) electrons. The average molecular weight is 347 g/mol. The van der Waals surface area contributed by atoms with Gasteiger partial charge in [-0.25, -0.2) is 9.97 Å². The van der Waals surface area contributed by atoms with E-state index in [1.807, 2.05) is 36.4 Å². The van der Waals surface area contributed by atoms with Gasteiger partial charge < -0.3 is 5.32 Å². The lowest BCUT2D eigenvalue weighted by Crippen LogP contribution is -2.34. The van der Waals surface area contributed by atoms with Crippen LogP contribution >= 0.6 is 0 Å². The van der Waals surface area contributed by atoms with Crippen LogP contribution in [0.15, 0.2) is 42.7 Å². The van der Waals surface area contributed by atoms with E-state index in [0.29, 0.717) is 12.4 Å². The van der Waals surface area contributed by atoms with E-state index >= 15 is 0 Å². The van der Waals surface area contributed by atoms with Crippen LogP contribution < -0.4 is 5.32 Å². The molecule has 5 nitrogen and oxygen atoms in total. The second kappa shape index (κ2) is 7.07. The maximum atomic E-state index is 12.8. The monoisotopic (exact) mass is 347 g/mol. The molecule has 25 heavy (non-hydrogen) atoms. The smallest absolute Gasteiger partial charge is 0.365 e. The Morgan fingerprint density at radius 1 is 1.20 bits per heavy atom. The van der Waals surface area contributed by atoms with Gasteiger partial charge in [0.25, 0.3) is 0 Å². The Balaban J connectivity index is 1.81. The van der Waals surface area contributed by atoms with Crippen molar-refractivity contribution in [3.63, 3.8) is 0 Å². The summed E-state index contributed by atoms with van der Waals surface area (Å²) in [6.07, 6.45) is -2.97. The Morgan fingerprint density at radius 2 is 1.96 bits per heavy atom. The number of alkyl halides is 3. The number of nitrogens with zero attached hydrogens (tertiary/aromatic N) is 4. The van der Waals surface area contributed by atoms with Crippen molar-refractivity contribution in [2.75, 3.05) is 25.0 Å². The van der Waals surface area contributed by atoms with Crippen LogP contribution in [0.5, 0.6) is 0 Å². The lowest BCUT2D eigenvalue weighted by molar-refractivity contribution is -0.143. The van der Waals surface area contributed by atoms with Crippen molar-refractivity contribution in [3.8, 4) is 6.07 Å². The van der Waals surface area contributed by atoms with Crippen LogP contribution in [0.1, 0.15) is 17.2 Å². The first-order chi connectivity index (χ1) is 11.9. The zero-order valence-electron chi connectivity index (χ0n) is 13.2. The predicted molar refractivity (Wildman–Crippen MR) is 85.8 cm³/mol. The van der Waals surface area contributed by atoms with Crippen molar-refractivity contribution in [1.29, 1.82) is 5.26 Å². The molecule has 1 aromatic carbocycles. The number of nitrogens with one attached hydrogen (secondary N) is 1. The Bertz CT molecular complexity index is 757. The fraction of sp³-hybridized carbons (Fsp3) is 0.353. The highest BCUT2D eigenvalue weighted by Crippen LogP contribution is 2.31. The fourth-order valence-corrected chi connectivity index (χ4v) is 3.14. The van der Waals surface area contributed by atoms with E-state index in [0.717, 1.165) is 5.56 Å². The van der Waals surface area contributed by atoms with E-state index in [4.69, 9.17) is 5.26 Å². The summed E-state index contributed by atoms with van der Waals surface area (Å²) in [5, 5.41) is 12.1. The lowest BCUT2D eigenvalue weighted by Gasteiger charge is -2.20. The number of likely N-dealkylation sites (tertiary alicyclic amines) is 1. The van der Waals surface area contributed by atoms with Crippen LogP contribution in [-0.2, 0) is 0 Å². The number of nitriles is 1. The molecule has 3 rings (SSSR count). The SMILES string of the molecule is N#Cc1cc(N[C@@H]2CN(CC(F)(F)F)C[C@H]2c2ccccc2)ncn1. The van der Waals surface area contributed by atoms with Crippen molar-refractivity contribution >= 4 is 5.82 Å². The lowest BCUT2D eigenvalue weighted by atomic mass is 9.94. The Morgan fingerprint density at radius 3 is 2.64 bits per heavy atom. The molecule has 8 heteroatoms. The van der Waals surface area contributed by atoms with Gasteiger partial charge in [0.15, 0.2) is 0 Å².